The topological polar surface area (TPSA) is 75.4 Å². The van der Waals surface area contributed by atoms with Crippen molar-refractivity contribution in [3.05, 3.63) is 51.5 Å². The molecular formula is C25H26F3N3O3S. The first-order valence-corrected chi connectivity index (χ1v) is 12.7. The predicted octanol–water partition coefficient (Wildman–Crippen LogP) is 5.33. The number of hydrogen-bond acceptors (Lipinski definition) is 4. The van der Waals surface area contributed by atoms with Crippen LogP contribution in [0, 0.1) is 11.8 Å². The molecule has 0 radical (unpaired) electrons. The van der Waals surface area contributed by atoms with Crippen LogP contribution in [-0.2, 0) is 35.3 Å². The summed E-state index contributed by atoms with van der Waals surface area (Å²) in [7, 11) is 0. The number of carboxylic acids is 1. The molecule has 1 N–H and O–H groups in total. The van der Waals surface area contributed by atoms with E-state index in [2.05, 4.69) is 4.98 Å². The number of pyridine rings is 1. The van der Waals surface area contributed by atoms with Gasteiger partial charge in [-0.05, 0) is 72.7 Å². The maximum Gasteiger partial charge on any atom is 0.425 e. The molecule has 186 valence electrons. The zero-order valence-corrected chi connectivity index (χ0v) is 19.9. The second kappa shape index (κ2) is 9.29. The van der Waals surface area contributed by atoms with Crippen LogP contribution in [0.4, 0.5) is 13.2 Å². The molecule has 0 aromatic carbocycles. The maximum atomic E-state index is 13.2. The van der Waals surface area contributed by atoms with Crippen molar-refractivity contribution in [3.63, 3.8) is 0 Å². The Morgan fingerprint density at radius 3 is 2.66 bits per heavy atom. The molecule has 1 fully saturated rings. The predicted molar refractivity (Wildman–Crippen MR) is 125 cm³/mol. The summed E-state index contributed by atoms with van der Waals surface area (Å²) in [6, 6.07) is 5.01. The molecule has 3 aromatic rings. The lowest BCUT2D eigenvalue weighted by molar-refractivity contribution is -0.143. The van der Waals surface area contributed by atoms with E-state index in [0.29, 0.717) is 55.7 Å². The lowest BCUT2D eigenvalue weighted by atomic mass is 9.80. The van der Waals surface area contributed by atoms with E-state index in [4.69, 9.17) is 0 Å². The number of amides is 1. The van der Waals surface area contributed by atoms with Crippen molar-refractivity contribution in [3.8, 4) is 0 Å². The van der Waals surface area contributed by atoms with E-state index >= 15 is 0 Å². The first-order valence-electron chi connectivity index (χ1n) is 11.8. The summed E-state index contributed by atoms with van der Waals surface area (Å²) in [6.45, 7) is 1.24. The number of carbonyl (C=O) groups is 2. The largest absolute Gasteiger partial charge is 0.481 e. The fourth-order valence-electron chi connectivity index (χ4n) is 5.42. The van der Waals surface area contributed by atoms with Gasteiger partial charge in [0.05, 0.1) is 19.0 Å². The van der Waals surface area contributed by atoms with E-state index in [0.717, 1.165) is 35.1 Å². The molecule has 0 unspecified atom stereocenters. The Morgan fingerprint density at radius 1 is 1.20 bits per heavy atom. The van der Waals surface area contributed by atoms with Crippen LogP contribution < -0.4 is 0 Å². The van der Waals surface area contributed by atoms with Crippen LogP contribution in [0.15, 0.2) is 29.8 Å². The Kier molecular flexibility index (Phi) is 6.33. The van der Waals surface area contributed by atoms with Gasteiger partial charge in [0, 0.05) is 30.2 Å². The molecule has 5 rings (SSSR count). The fraction of sp³-hybridized carbons (Fsp3) is 0.480. The number of carbonyl (C=O) groups excluding carboxylic acids is 1. The Balaban J connectivity index is 1.35. The second-order valence-electron chi connectivity index (χ2n) is 9.53. The summed E-state index contributed by atoms with van der Waals surface area (Å²) in [5.74, 6) is -0.822. The number of halogens is 3. The normalized spacial score (nSPS) is 20.7. The zero-order chi connectivity index (χ0) is 24.7. The Hall–Kier alpha value is -2.88. The molecular weight excluding hydrogens is 479 g/mol. The molecule has 0 spiro atoms. The summed E-state index contributed by atoms with van der Waals surface area (Å²) in [6.07, 6.45) is 1.08. The summed E-state index contributed by atoms with van der Waals surface area (Å²) in [5, 5.41) is 11.7. The van der Waals surface area contributed by atoms with Gasteiger partial charge in [-0.3, -0.25) is 9.59 Å². The Morgan fingerprint density at radius 2 is 1.97 bits per heavy atom. The van der Waals surface area contributed by atoms with Crippen molar-refractivity contribution in [2.45, 2.75) is 57.8 Å². The fourth-order valence-corrected chi connectivity index (χ4v) is 6.20. The van der Waals surface area contributed by atoms with Gasteiger partial charge in [-0.1, -0.05) is 0 Å². The zero-order valence-electron chi connectivity index (χ0n) is 19.1. The smallest absolute Gasteiger partial charge is 0.425 e. The van der Waals surface area contributed by atoms with E-state index in [-0.39, 0.29) is 24.3 Å². The van der Waals surface area contributed by atoms with Crippen molar-refractivity contribution in [1.82, 2.24) is 14.5 Å². The average molecular weight is 506 g/mol. The molecule has 10 heteroatoms. The summed E-state index contributed by atoms with van der Waals surface area (Å²) >= 11 is 0.688. The Labute approximate surface area is 204 Å². The number of nitrogens with zero attached hydrogens (tertiary/aromatic N) is 3. The third kappa shape index (κ3) is 4.80. The van der Waals surface area contributed by atoms with Gasteiger partial charge in [0.1, 0.15) is 10.5 Å². The van der Waals surface area contributed by atoms with Crippen LogP contribution in [0.1, 0.15) is 53.8 Å². The molecule has 1 aliphatic heterocycles. The SMILES string of the molecule is O=C(C[C@H]1CC[C@H](C(=O)O)CC1)N1CCc2c(n(Cc3csc(C(F)(F)F)c3)c3ncccc23)C1. The van der Waals surface area contributed by atoms with Crippen molar-refractivity contribution in [2.75, 3.05) is 6.54 Å². The minimum atomic E-state index is -4.37. The van der Waals surface area contributed by atoms with Gasteiger partial charge < -0.3 is 14.6 Å². The van der Waals surface area contributed by atoms with E-state index in [1.54, 1.807) is 6.20 Å². The third-order valence-electron chi connectivity index (χ3n) is 7.30. The lowest BCUT2D eigenvalue weighted by Gasteiger charge is -2.31. The number of alkyl halides is 3. The highest BCUT2D eigenvalue weighted by atomic mass is 32.1. The number of hydrogen-bond donors (Lipinski definition) is 1. The minimum absolute atomic E-state index is 0.0501. The molecule has 6 nitrogen and oxygen atoms in total. The highest BCUT2D eigenvalue weighted by Crippen LogP contribution is 2.36. The van der Waals surface area contributed by atoms with Gasteiger partial charge in [-0.2, -0.15) is 13.2 Å². The monoisotopic (exact) mass is 505 g/mol. The first kappa shape index (κ1) is 23.8. The summed E-state index contributed by atoms with van der Waals surface area (Å²) in [5.41, 5.74) is 3.31. The summed E-state index contributed by atoms with van der Waals surface area (Å²) in [4.78, 5) is 30.1. The minimum Gasteiger partial charge on any atom is -0.481 e. The average Bonchev–Trinajstić information content (AvgIpc) is 3.43. The molecule has 1 aliphatic carbocycles. The van der Waals surface area contributed by atoms with Gasteiger partial charge >= 0.3 is 12.1 Å². The van der Waals surface area contributed by atoms with Crippen molar-refractivity contribution in [2.24, 2.45) is 11.8 Å². The number of thiophene rings is 1. The standard InChI is InChI=1S/C25H26F3N3O3S/c26-25(27,28)21-10-16(14-35-21)12-31-20-13-30(9-7-18(20)19-2-1-8-29-23(19)31)22(32)11-15-3-5-17(6-4-15)24(33)34/h1-2,8,10,14-15,17H,3-7,9,11-13H2,(H,33,34)/t15-,17-. The van der Waals surface area contributed by atoms with Gasteiger partial charge in [0.25, 0.3) is 0 Å². The maximum absolute atomic E-state index is 13.2. The molecule has 0 bridgehead atoms. The van der Waals surface area contributed by atoms with Crippen LogP contribution in [0.2, 0.25) is 0 Å². The molecule has 0 saturated heterocycles. The van der Waals surface area contributed by atoms with Crippen LogP contribution in [-0.4, -0.2) is 38.0 Å². The number of fused-ring (bicyclic) bond motifs is 3. The Bertz CT molecular complexity index is 1260. The van der Waals surface area contributed by atoms with Crippen LogP contribution >= 0.6 is 11.3 Å². The van der Waals surface area contributed by atoms with Gasteiger partial charge in [0.15, 0.2) is 0 Å². The van der Waals surface area contributed by atoms with Crippen LogP contribution in [0.5, 0.6) is 0 Å². The molecule has 1 saturated carbocycles. The van der Waals surface area contributed by atoms with Crippen molar-refractivity contribution < 1.29 is 27.9 Å². The molecule has 35 heavy (non-hydrogen) atoms. The quantitative estimate of drug-likeness (QED) is 0.509. The van der Waals surface area contributed by atoms with Crippen molar-refractivity contribution in [1.29, 1.82) is 0 Å². The summed E-state index contributed by atoms with van der Waals surface area (Å²) < 4.78 is 41.3. The molecule has 2 aliphatic rings. The number of aromatic nitrogens is 2. The molecule has 3 aromatic heterocycles. The van der Waals surface area contributed by atoms with E-state index in [1.807, 2.05) is 21.6 Å². The van der Waals surface area contributed by atoms with Crippen LogP contribution in [0.25, 0.3) is 11.0 Å². The molecule has 0 atom stereocenters. The second-order valence-corrected chi connectivity index (χ2v) is 10.4. The van der Waals surface area contributed by atoms with Gasteiger partial charge in [-0.25, -0.2) is 4.98 Å². The lowest BCUT2D eigenvalue weighted by Crippen LogP contribution is -2.38. The highest BCUT2D eigenvalue weighted by Gasteiger charge is 2.33. The first-order chi connectivity index (χ1) is 16.7. The number of carboxylic acid groups (broad SMARTS) is 1. The molecule has 4 heterocycles. The number of aliphatic carboxylic acids is 1. The number of rotatable bonds is 5. The van der Waals surface area contributed by atoms with Crippen molar-refractivity contribution >= 4 is 34.2 Å². The van der Waals surface area contributed by atoms with Gasteiger partial charge in [-0.15, -0.1) is 11.3 Å². The highest BCUT2D eigenvalue weighted by molar-refractivity contribution is 7.10. The third-order valence-corrected chi connectivity index (χ3v) is 8.32. The van der Waals surface area contributed by atoms with E-state index < -0.39 is 17.0 Å². The molecule has 1 amide bonds. The van der Waals surface area contributed by atoms with Crippen LogP contribution in [0.3, 0.4) is 0 Å². The van der Waals surface area contributed by atoms with Gasteiger partial charge in [0.2, 0.25) is 5.91 Å². The van der Waals surface area contributed by atoms with E-state index in [9.17, 15) is 27.9 Å². The van der Waals surface area contributed by atoms with E-state index in [1.165, 1.54) is 11.4 Å².